The molecule has 0 radical (unpaired) electrons. The summed E-state index contributed by atoms with van der Waals surface area (Å²) in [6, 6.07) is 6.11. The van der Waals surface area contributed by atoms with Crippen LogP contribution in [-0.4, -0.2) is 67.5 Å². The van der Waals surface area contributed by atoms with Gasteiger partial charge >= 0.3 is 0 Å². The third-order valence-corrected chi connectivity index (χ3v) is 5.01. The second-order valence-corrected chi connectivity index (χ2v) is 6.96. The molecule has 1 amide bonds. The molecule has 120 valence electrons. The Morgan fingerprint density at radius 3 is 2.86 bits per heavy atom. The molecule has 2 aliphatic rings. The number of likely N-dealkylation sites (N-methyl/N-ethyl adjacent to an activating group) is 1. The monoisotopic (exact) mass is 302 g/mol. The first kappa shape index (κ1) is 15.3. The molecule has 2 aliphatic heterocycles. The minimum atomic E-state index is 0.205. The van der Waals surface area contributed by atoms with Crippen molar-refractivity contribution in [3.8, 4) is 0 Å². The zero-order valence-corrected chi connectivity index (χ0v) is 13.7. The molecule has 5 nitrogen and oxygen atoms in total. The zero-order chi connectivity index (χ0) is 15.6. The van der Waals surface area contributed by atoms with Crippen molar-refractivity contribution in [1.29, 1.82) is 0 Å². The highest BCUT2D eigenvalue weighted by Crippen LogP contribution is 2.40. The molecule has 0 bridgehead atoms. The molecule has 2 fully saturated rings. The van der Waals surface area contributed by atoms with Crippen LogP contribution in [0, 0.1) is 5.41 Å². The topological polar surface area (TPSA) is 39.7 Å². The average molecular weight is 302 g/mol. The largest absolute Gasteiger partial charge is 0.356 e. The Morgan fingerprint density at radius 1 is 1.27 bits per heavy atom. The Bertz CT molecular complexity index is 519. The maximum atomic E-state index is 12.0. The number of amides is 1. The third-order valence-electron chi connectivity index (χ3n) is 5.01. The van der Waals surface area contributed by atoms with Gasteiger partial charge in [-0.05, 0) is 37.9 Å². The van der Waals surface area contributed by atoms with Gasteiger partial charge in [0.2, 0.25) is 5.91 Å². The maximum Gasteiger partial charge on any atom is 0.236 e. The van der Waals surface area contributed by atoms with Gasteiger partial charge in [0, 0.05) is 45.3 Å². The second-order valence-electron chi connectivity index (χ2n) is 6.96. The molecule has 0 aromatic carbocycles. The van der Waals surface area contributed by atoms with Crippen LogP contribution in [0.5, 0.6) is 0 Å². The third kappa shape index (κ3) is 3.24. The fourth-order valence-corrected chi connectivity index (χ4v) is 3.78. The van der Waals surface area contributed by atoms with Crippen LogP contribution in [0.2, 0.25) is 0 Å². The smallest absolute Gasteiger partial charge is 0.236 e. The van der Waals surface area contributed by atoms with Gasteiger partial charge in [-0.25, -0.2) is 4.98 Å². The number of pyridine rings is 1. The summed E-state index contributed by atoms with van der Waals surface area (Å²) in [6.45, 7) is 4.78. The van der Waals surface area contributed by atoms with Crippen molar-refractivity contribution < 1.29 is 4.79 Å². The minimum absolute atomic E-state index is 0.205. The lowest BCUT2D eigenvalue weighted by Crippen LogP contribution is -2.48. The molecule has 0 saturated carbocycles. The van der Waals surface area contributed by atoms with Crippen LogP contribution in [0.1, 0.15) is 19.3 Å². The fraction of sp³-hybridized carbons (Fsp3) is 0.647. The summed E-state index contributed by atoms with van der Waals surface area (Å²) in [5, 5.41) is 0. The van der Waals surface area contributed by atoms with Crippen molar-refractivity contribution in [3.63, 3.8) is 0 Å². The molecule has 1 atom stereocenters. The number of hydrogen-bond donors (Lipinski definition) is 0. The molecule has 1 spiro atoms. The van der Waals surface area contributed by atoms with E-state index in [4.69, 9.17) is 0 Å². The number of carbonyl (C=O) groups excluding carboxylic acids is 1. The van der Waals surface area contributed by atoms with Gasteiger partial charge in [0.25, 0.3) is 0 Å². The van der Waals surface area contributed by atoms with Crippen LogP contribution in [0.15, 0.2) is 24.4 Å². The minimum Gasteiger partial charge on any atom is -0.356 e. The number of anilines is 1. The number of hydrogen-bond acceptors (Lipinski definition) is 4. The van der Waals surface area contributed by atoms with Crippen molar-refractivity contribution in [2.24, 2.45) is 5.41 Å². The molecule has 1 aromatic rings. The summed E-state index contributed by atoms with van der Waals surface area (Å²) >= 11 is 0. The molecule has 3 heterocycles. The first-order valence-corrected chi connectivity index (χ1v) is 8.17. The van der Waals surface area contributed by atoms with Gasteiger partial charge in [-0.2, -0.15) is 0 Å². The summed E-state index contributed by atoms with van der Waals surface area (Å²) in [6.07, 6.45) is 5.53. The maximum absolute atomic E-state index is 12.0. The van der Waals surface area contributed by atoms with Gasteiger partial charge in [0.05, 0.1) is 6.54 Å². The van der Waals surface area contributed by atoms with Crippen molar-refractivity contribution in [2.45, 2.75) is 19.3 Å². The number of piperidine rings is 1. The molecule has 2 saturated heterocycles. The Morgan fingerprint density at radius 2 is 2.14 bits per heavy atom. The highest BCUT2D eigenvalue weighted by Gasteiger charge is 2.41. The van der Waals surface area contributed by atoms with E-state index in [9.17, 15) is 4.79 Å². The van der Waals surface area contributed by atoms with Gasteiger partial charge < -0.3 is 9.80 Å². The van der Waals surface area contributed by atoms with Gasteiger partial charge in [-0.3, -0.25) is 9.69 Å². The van der Waals surface area contributed by atoms with Crippen LogP contribution in [0.3, 0.4) is 0 Å². The van der Waals surface area contributed by atoms with Crippen molar-refractivity contribution in [2.75, 3.05) is 51.7 Å². The van der Waals surface area contributed by atoms with Crippen LogP contribution in [-0.2, 0) is 4.79 Å². The quantitative estimate of drug-likeness (QED) is 0.847. The highest BCUT2D eigenvalue weighted by atomic mass is 16.2. The summed E-state index contributed by atoms with van der Waals surface area (Å²) in [5.41, 5.74) is 0.336. The summed E-state index contributed by atoms with van der Waals surface area (Å²) in [7, 11) is 3.67. The molecular formula is C17H26N4O. The first-order chi connectivity index (χ1) is 10.6. The predicted octanol–water partition coefficient (Wildman–Crippen LogP) is 1.46. The lowest BCUT2D eigenvalue weighted by atomic mass is 9.79. The van der Waals surface area contributed by atoms with E-state index in [-0.39, 0.29) is 5.91 Å². The lowest BCUT2D eigenvalue weighted by Gasteiger charge is -2.40. The van der Waals surface area contributed by atoms with Crippen LogP contribution >= 0.6 is 0 Å². The Labute approximate surface area is 132 Å². The number of carbonyl (C=O) groups is 1. The number of likely N-dealkylation sites (tertiary alicyclic amines) is 1. The van der Waals surface area contributed by atoms with Gasteiger partial charge in [0.1, 0.15) is 5.82 Å². The van der Waals surface area contributed by atoms with E-state index in [1.54, 1.807) is 4.90 Å². The number of nitrogens with zero attached hydrogens (tertiary/aromatic N) is 4. The van der Waals surface area contributed by atoms with E-state index in [0.29, 0.717) is 12.0 Å². The Balaban J connectivity index is 1.63. The zero-order valence-electron chi connectivity index (χ0n) is 13.7. The Kier molecular flexibility index (Phi) is 4.34. The Hall–Kier alpha value is -1.62. The van der Waals surface area contributed by atoms with Crippen LogP contribution in [0.25, 0.3) is 0 Å². The first-order valence-electron chi connectivity index (χ1n) is 8.17. The summed E-state index contributed by atoms with van der Waals surface area (Å²) < 4.78 is 0. The van der Waals surface area contributed by atoms with Crippen LogP contribution < -0.4 is 4.90 Å². The lowest BCUT2D eigenvalue weighted by molar-refractivity contribution is -0.130. The summed E-state index contributed by atoms with van der Waals surface area (Å²) in [4.78, 5) is 22.9. The summed E-state index contributed by atoms with van der Waals surface area (Å²) in [5.74, 6) is 1.29. The molecular weight excluding hydrogens is 276 g/mol. The second kappa shape index (κ2) is 6.24. The van der Waals surface area contributed by atoms with Crippen molar-refractivity contribution >= 4 is 11.7 Å². The number of rotatable bonds is 3. The van der Waals surface area contributed by atoms with Crippen molar-refractivity contribution in [3.05, 3.63) is 24.4 Å². The van der Waals surface area contributed by atoms with E-state index < -0.39 is 0 Å². The van der Waals surface area contributed by atoms with E-state index in [1.807, 2.05) is 26.4 Å². The SMILES string of the molecule is CN(C)C(=O)CN1CCC[C@@]2(CCN(c3ccccn3)C2)C1. The number of aromatic nitrogens is 1. The standard InChI is InChI=1S/C17H26N4O/c1-19(2)16(22)12-20-10-5-7-17(13-20)8-11-21(14-17)15-6-3-4-9-18-15/h3-4,6,9H,5,7-8,10-14H2,1-2H3/t17-/m1/s1. The molecule has 0 aliphatic carbocycles. The van der Waals surface area contributed by atoms with E-state index in [1.165, 1.54) is 19.3 Å². The van der Waals surface area contributed by atoms with E-state index in [2.05, 4.69) is 26.9 Å². The fourth-order valence-electron chi connectivity index (χ4n) is 3.78. The molecule has 0 unspecified atom stereocenters. The average Bonchev–Trinajstić information content (AvgIpc) is 2.91. The van der Waals surface area contributed by atoms with Crippen LogP contribution in [0.4, 0.5) is 5.82 Å². The van der Waals surface area contributed by atoms with Gasteiger partial charge in [-0.15, -0.1) is 0 Å². The molecule has 5 heteroatoms. The molecule has 3 rings (SSSR count). The van der Waals surface area contributed by atoms with Gasteiger partial charge in [-0.1, -0.05) is 6.07 Å². The predicted molar refractivity (Wildman–Crippen MR) is 87.9 cm³/mol. The molecule has 22 heavy (non-hydrogen) atoms. The van der Waals surface area contributed by atoms with Crippen molar-refractivity contribution in [1.82, 2.24) is 14.8 Å². The van der Waals surface area contributed by atoms with E-state index >= 15 is 0 Å². The highest BCUT2D eigenvalue weighted by molar-refractivity contribution is 5.77. The normalized spacial score (nSPS) is 25.6. The molecule has 1 aromatic heterocycles. The van der Waals surface area contributed by atoms with E-state index in [0.717, 1.165) is 32.0 Å². The molecule has 0 N–H and O–H groups in total. The van der Waals surface area contributed by atoms with Gasteiger partial charge in [0.15, 0.2) is 0 Å².